The minimum absolute atomic E-state index is 0.313. The Hall–Kier alpha value is -0.150. The summed E-state index contributed by atoms with van der Waals surface area (Å²) >= 11 is 0. The van der Waals surface area contributed by atoms with Gasteiger partial charge in [0.2, 0.25) is 0 Å². The van der Waals surface area contributed by atoms with E-state index in [0.717, 1.165) is 25.8 Å². The van der Waals surface area contributed by atoms with Crippen molar-refractivity contribution in [3.63, 3.8) is 0 Å². The van der Waals surface area contributed by atoms with Gasteiger partial charge in [-0.05, 0) is 32.2 Å². The van der Waals surface area contributed by atoms with E-state index in [4.69, 9.17) is 5.73 Å². The number of hydrogen-bond donors (Lipinski definition) is 1. The fourth-order valence-corrected chi connectivity index (χ4v) is 1.80. The lowest BCUT2D eigenvalue weighted by Crippen LogP contribution is -2.18. The van der Waals surface area contributed by atoms with Gasteiger partial charge in [-0.2, -0.15) is 0 Å². The molecule has 1 rings (SSSR count). The van der Waals surface area contributed by atoms with Gasteiger partial charge in [0.15, 0.2) is 6.30 Å². The predicted molar refractivity (Wildman–Crippen MR) is 52.2 cm³/mol. The molecule has 1 fully saturated rings. The van der Waals surface area contributed by atoms with Crippen LogP contribution in [0.4, 0.5) is 4.39 Å². The third kappa shape index (κ3) is 4.58. The molecule has 1 radical (unpaired) electrons. The summed E-state index contributed by atoms with van der Waals surface area (Å²) in [5.41, 5.74) is 5.38. The largest absolute Gasteiger partial charge is 0.330 e. The van der Waals surface area contributed by atoms with Crippen LogP contribution in [0.1, 0.15) is 44.9 Å². The molecule has 1 heterocycles. The molecule has 0 aromatic heterocycles. The lowest BCUT2D eigenvalue weighted by Gasteiger charge is -2.07. The molecule has 0 aromatic rings. The monoisotopic (exact) mass is 187 g/mol. The van der Waals surface area contributed by atoms with E-state index in [-0.39, 0.29) is 0 Å². The Bertz CT molecular complexity index is 130. The van der Waals surface area contributed by atoms with E-state index in [1.54, 1.807) is 0 Å². The van der Waals surface area contributed by atoms with E-state index in [9.17, 15) is 4.39 Å². The Morgan fingerprint density at radius 1 is 1.15 bits per heavy atom. The van der Waals surface area contributed by atoms with Crippen LogP contribution in [0, 0.1) is 0 Å². The van der Waals surface area contributed by atoms with Crippen LogP contribution in [-0.2, 0) is 0 Å². The highest BCUT2D eigenvalue weighted by molar-refractivity contribution is 4.76. The molecule has 1 aliphatic heterocycles. The normalized spacial score (nSPS) is 28.2. The van der Waals surface area contributed by atoms with Gasteiger partial charge >= 0.3 is 0 Å². The highest BCUT2D eigenvalue weighted by Gasteiger charge is 2.23. The van der Waals surface area contributed by atoms with Crippen LogP contribution in [0.5, 0.6) is 0 Å². The first-order valence-corrected chi connectivity index (χ1v) is 5.37. The van der Waals surface area contributed by atoms with E-state index in [2.05, 4.69) is 5.32 Å². The maximum absolute atomic E-state index is 12.6. The summed E-state index contributed by atoms with van der Waals surface area (Å²) < 4.78 is 12.6. The quantitative estimate of drug-likeness (QED) is 0.501. The lowest BCUT2D eigenvalue weighted by molar-refractivity contribution is 0.289. The third-order valence-corrected chi connectivity index (χ3v) is 2.60. The van der Waals surface area contributed by atoms with Crippen molar-refractivity contribution in [1.29, 1.82) is 0 Å². The Kier molecular flexibility index (Phi) is 5.32. The van der Waals surface area contributed by atoms with Crippen LogP contribution in [0.2, 0.25) is 0 Å². The molecular weight excluding hydrogens is 167 g/mol. The van der Waals surface area contributed by atoms with Gasteiger partial charge in [0.05, 0.1) is 0 Å². The van der Waals surface area contributed by atoms with Crippen molar-refractivity contribution < 1.29 is 4.39 Å². The van der Waals surface area contributed by atoms with Crippen molar-refractivity contribution in [2.45, 2.75) is 57.3 Å². The minimum Gasteiger partial charge on any atom is -0.330 e. The second-order valence-corrected chi connectivity index (χ2v) is 3.81. The summed E-state index contributed by atoms with van der Waals surface area (Å²) in [7, 11) is 0. The maximum Gasteiger partial charge on any atom is 0.166 e. The summed E-state index contributed by atoms with van der Waals surface area (Å²) in [4.78, 5) is 0. The topological polar surface area (TPSA) is 40.1 Å². The summed E-state index contributed by atoms with van der Waals surface area (Å²) in [6.07, 6.45) is 6.54. The first-order chi connectivity index (χ1) is 6.33. The van der Waals surface area contributed by atoms with Crippen molar-refractivity contribution in [1.82, 2.24) is 5.32 Å². The van der Waals surface area contributed by atoms with Crippen LogP contribution < -0.4 is 11.1 Å². The molecule has 2 unspecified atom stereocenters. The summed E-state index contributed by atoms with van der Waals surface area (Å²) in [5, 5.41) is 4.01. The number of alkyl halides is 1. The van der Waals surface area contributed by atoms with Gasteiger partial charge in [0, 0.05) is 6.04 Å². The molecule has 77 valence electrons. The second-order valence-electron chi connectivity index (χ2n) is 3.81. The number of hydrogen-bond acceptors (Lipinski definition) is 1. The lowest BCUT2D eigenvalue weighted by atomic mass is 10.1. The molecule has 0 aliphatic carbocycles. The van der Waals surface area contributed by atoms with E-state index in [0.29, 0.717) is 12.5 Å². The Labute approximate surface area is 80.1 Å². The summed E-state index contributed by atoms with van der Waals surface area (Å²) in [6.45, 7) is 0.792. The Balaban J connectivity index is 1.88. The second kappa shape index (κ2) is 6.33. The number of nitrogens with zero attached hydrogens (tertiary/aromatic N) is 1. The predicted octanol–water partition coefficient (Wildman–Crippen LogP) is 1.96. The molecule has 0 spiro atoms. The maximum atomic E-state index is 12.6. The van der Waals surface area contributed by atoms with E-state index in [1.807, 2.05) is 0 Å². The molecule has 0 bridgehead atoms. The number of nitrogens with two attached hydrogens (primary N) is 1. The number of halogens is 1. The third-order valence-electron chi connectivity index (χ3n) is 2.60. The fraction of sp³-hybridized carbons (Fsp3) is 1.00. The van der Waals surface area contributed by atoms with Gasteiger partial charge in [-0.15, -0.1) is 0 Å². The molecule has 0 aromatic carbocycles. The van der Waals surface area contributed by atoms with Gasteiger partial charge in [-0.1, -0.05) is 19.3 Å². The van der Waals surface area contributed by atoms with E-state index in [1.165, 1.54) is 19.3 Å². The standard InChI is InChI=1S/C10H20FN2/c11-10-7-6-9(13-10)5-3-1-2-4-8-12/h9-10H,1-8,12H2. The Morgan fingerprint density at radius 3 is 2.54 bits per heavy atom. The van der Waals surface area contributed by atoms with Gasteiger partial charge in [0.1, 0.15) is 0 Å². The smallest absolute Gasteiger partial charge is 0.166 e. The highest BCUT2D eigenvalue weighted by Crippen LogP contribution is 2.19. The zero-order valence-corrected chi connectivity index (χ0v) is 8.21. The van der Waals surface area contributed by atoms with Crippen LogP contribution in [0.3, 0.4) is 0 Å². The van der Waals surface area contributed by atoms with Crippen molar-refractivity contribution in [2.24, 2.45) is 5.73 Å². The van der Waals surface area contributed by atoms with Crippen LogP contribution in [-0.4, -0.2) is 18.9 Å². The number of rotatable bonds is 6. The van der Waals surface area contributed by atoms with Gasteiger partial charge in [-0.25, -0.2) is 9.71 Å². The Morgan fingerprint density at radius 2 is 1.92 bits per heavy atom. The molecule has 1 aliphatic rings. The molecule has 3 heteroatoms. The zero-order valence-electron chi connectivity index (χ0n) is 8.21. The van der Waals surface area contributed by atoms with Gasteiger partial charge < -0.3 is 5.73 Å². The molecule has 2 N–H and O–H groups in total. The van der Waals surface area contributed by atoms with E-state index >= 15 is 0 Å². The van der Waals surface area contributed by atoms with E-state index < -0.39 is 6.30 Å². The molecule has 0 amide bonds. The van der Waals surface area contributed by atoms with Gasteiger partial charge in [0.25, 0.3) is 0 Å². The first kappa shape index (κ1) is 10.9. The summed E-state index contributed by atoms with van der Waals surface area (Å²) in [5.74, 6) is 0. The highest BCUT2D eigenvalue weighted by atomic mass is 19.1. The molecule has 13 heavy (non-hydrogen) atoms. The number of unbranched alkanes of at least 4 members (excludes halogenated alkanes) is 3. The average molecular weight is 187 g/mol. The average Bonchev–Trinajstić information content (AvgIpc) is 2.51. The molecule has 2 nitrogen and oxygen atoms in total. The van der Waals surface area contributed by atoms with Crippen molar-refractivity contribution in [3.8, 4) is 0 Å². The van der Waals surface area contributed by atoms with Crippen LogP contribution >= 0.6 is 0 Å². The molecule has 0 saturated carbocycles. The van der Waals surface area contributed by atoms with Crippen molar-refractivity contribution >= 4 is 0 Å². The fourth-order valence-electron chi connectivity index (χ4n) is 1.80. The minimum atomic E-state index is -0.867. The molecule has 2 atom stereocenters. The SMILES string of the molecule is NCCCCCCC1CCC(F)[N]1. The van der Waals surface area contributed by atoms with Gasteiger partial charge in [-0.3, -0.25) is 0 Å². The van der Waals surface area contributed by atoms with Crippen molar-refractivity contribution in [3.05, 3.63) is 0 Å². The molecular formula is C10H20FN2. The van der Waals surface area contributed by atoms with Crippen molar-refractivity contribution in [2.75, 3.05) is 6.54 Å². The molecule has 1 saturated heterocycles. The van der Waals surface area contributed by atoms with Crippen LogP contribution in [0.25, 0.3) is 0 Å². The first-order valence-electron chi connectivity index (χ1n) is 5.37. The zero-order chi connectivity index (χ0) is 9.52. The van der Waals surface area contributed by atoms with Crippen LogP contribution in [0.15, 0.2) is 0 Å². The summed E-state index contributed by atoms with van der Waals surface area (Å²) in [6, 6.07) is 0.313.